The second-order valence-corrected chi connectivity index (χ2v) is 5.52. The molecule has 1 aliphatic heterocycles. The van der Waals surface area contributed by atoms with Crippen molar-refractivity contribution in [3.63, 3.8) is 0 Å². The molecular weight excluding hydrogens is 294 g/mol. The van der Waals surface area contributed by atoms with Gasteiger partial charge in [0.1, 0.15) is 17.7 Å². The molecular formula is C16H21N5O2. The van der Waals surface area contributed by atoms with Gasteiger partial charge in [-0.2, -0.15) is 0 Å². The van der Waals surface area contributed by atoms with Crippen LogP contribution in [0.2, 0.25) is 0 Å². The van der Waals surface area contributed by atoms with E-state index in [1.54, 1.807) is 12.3 Å². The number of nitrogens with one attached hydrogen (secondary N) is 2. The van der Waals surface area contributed by atoms with Crippen LogP contribution in [-0.2, 0) is 11.3 Å². The summed E-state index contributed by atoms with van der Waals surface area (Å²) in [4.78, 5) is 20.8. The lowest BCUT2D eigenvalue weighted by molar-refractivity contribution is 0.0906. The largest absolute Gasteiger partial charge is 0.368 e. The Morgan fingerprint density at radius 2 is 2.35 bits per heavy atom. The van der Waals surface area contributed by atoms with Crippen LogP contribution in [0.15, 0.2) is 30.6 Å². The summed E-state index contributed by atoms with van der Waals surface area (Å²) in [6.07, 6.45) is 4.22. The Kier molecular flexibility index (Phi) is 4.57. The molecule has 1 saturated heterocycles. The average Bonchev–Trinajstić information content (AvgIpc) is 3.15. The fourth-order valence-electron chi connectivity index (χ4n) is 2.77. The first-order valence-electron chi connectivity index (χ1n) is 7.81. The van der Waals surface area contributed by atoms with Gasteiger partial charge in [-0.3, -0.25) is 5.32 Å². The molecule has 2 amide bonds. The smallest absolute Gasteiger partial charge is 0.320 e. The van der Waals surface area contributed by atoms with Crippen LogP contribution in [-0.4, -0.2) is 33.2 Å². The van der Waals surface area contributed by atoms with E-state index < -0.39 is 0 Å². The fraction of sp³-hybridized carbons (Fsp3) is 0.438. The third-order valence-electron chi connectivity index (χ3n) is 3.88. The molecule has 1 aliphatic rings. The van der Waals surface area contributed by atoms with Crippen molar-refractivity contribution < 1.29 is 9.53 Å². The highest BCUT2D eigenvalue weighted by Gasteiger charge is 2.33. The lowest BCUT2D eigenvalue weighted by Crippen LogP contribution is -2.40. The highest BCUT2D eigenvalue weighted by Crippen LogP contribution is 2.28. The molecule has 0 unspecified atom stereocenters. The van der Waals surface area contributed by atoms with Gasteiger partial charge in [0, 0.05) is 31.2 Å². The molecule has 7 nitrogen and oxygen atoms in total. The monoisotopic (exact) mass is 315 g/mol. The molecule has 0 aliphatic carbocycles. The van der Waals surface area contributed by atoms with E-state index in [1.165, 1.54) is 0 Å². The number of urea groups is 1. The summed E-state index contributed by atoms with van der Waals surface area (Å²) in [5.74, 6) is 1.39. The molecule has 0 aromatic carbocycles. The summed E-state index contributed by atoms with van der Waals surface area (Å²) >= 11 is 0. The Bertz CT molecular complexity index is 685. The number of rotatable bonds is 4. The Balaban J connectivity index is 1.65. The number of hydrogen-bond acceptors (Lipinski definition) is 4. The zero-order chi connectivity index (χ0) is 16.2. The van der Waals surface area contributed by atoms with Crippen molar-refractivity contribution in [2.24, 2.45) is 0 Å². The lowest BCUT2D eigenvalue weighted by atomic mass is 10.1. The highest BCUT2D eigenvalue weighted by atomic mass is 16.5. The van der Waals surface area contributed by atoms with E-state index in [2.05, 4.69) is 27.5 Å². The number of aromatic nitrogens is 3. The van der Waals surface area contributed by atoms with Gasteiger partial charge in [-0.15, -0.1) is 0 Å². The summed E-state index contributed by atoms with van der Waals surface area (Å²) < 4.78 is 7.81. The van der Waals surface area contributed by atoms with Crippen LogP contribution in [0.3, 0.4) is 0 Å². The van der Waals surface area contributed by atoms with E-state index in [0.29, 0.717) is 12.4 Å². The molecule has 122 valence electrons. The first kappa shape index (κ1) is 15.5. The minimum Gasteiger partial charge on any atom is -0.368 e. The topological polar surface area (TPSA) is 81.1 Å². The van der Waals surface area contributed by atoms with Gasteiger partial charge in [0.2, 0.25) is 0 Å². The number of aryl methyl sites for hydroxylation is 2. The average molecular weight is 315 g/mol. The number of imidazole rings is 1. The maximum atomic E-state index is 12.2. The van der Waals surface area contributed by atoms with Crippen LogP contribution < -0.4 is 10.6 Å². The second kappa shape index (κ2) is 6.78. The maximum Gasteiger partial charge on any atom is 0.320 e. The predicted octanol–water partition coefficient (Wildman–Crippen LogP) is 2.26. The van der Waals surface area contributed by atoms with Crippen LogP contribution >= 0.6 is 0 Å². The van der Waals surface area contributed by atoms with Gasteiger partial charge < -0.3 is 14.6 Å². The minimum atomic E-state index is -0.279. The standard InChI is InChI=1S/C16H21N5O2/c1-3-21-9-8-17-15(21)14-12(7-10-23-14)19-16(22)20-13-6-4-5-11(2)18-13/h4-6,8-9,12,14H,3,7,10H2,1-2H3,(H2,18,19,20,22)/t12-,14-/m0/s1. The van der Waals surface area contributed by atoms with Crippen LogP contribution in [0.5, 0.6) is 0 Å². The number of carbonyl (C=O) groups is 1. The Morgan fingerprint density at radius 1 is 1.48 bits per heavy atom. The Hall–Kier alpha value is -2.41. The molecule has 3 rings (SSSR count). The van der Waals surface area contributed by atoms with Crippen molar-refractivity contribution >= 4 is 11.8 Å². The van der Waals surface area contributed by atoms with Crippen molar-refractivity contribution in [2.75, 3.05) is 11.9 Å². The SMILES string of the molecule is CCn1ccnc1[C@H]1OCC[C@@H]1NC(=O)Nc1cccc(C)n1. The molecule has 2 N–H and O–H groups in total. The van der Waals surface area contributed by atoms with Gasteiger partial charge in [-0.05, 0) is 32.4 Å². The normalized spacial score (nSPS) is 20.4. The summed E-state index contributed by atoms with van der Waals surface area (Å²) in [7, 11) is 0. The number of ether oxygens (including phenoxy) is 1. The molecule has 0 saturated carbocycles. The van der Waals surface area contributed by atoms with Crippen LogP contribution in [0.25, 0.3) is 0 Å². The predicted molar refractivity (Wildman–Crippen MR) is 86.1 cm³/mol. The number of hydrogen-bond donors (Lipinski definition) is 2. The quantitative estimate of drug-likeness (QED) is 0.907. The van der Waals surface area contributed by atoms with E-state index in [1.807, 2.05) is 29.8 Å². The number of anilines is 1. The maximum absolute atomic E-state index is 12.2. The third kappa shape index (κ3) is 3.50. The minimum absolute atomic E-state index is 0.104. The van der Waals surface area contributed by atoms with Crippen molar-refractivity contribution in [1.82, 2.24) is 19.9 Å². The highest BCUT2D eigenvalue weighted by molar-refractivity contribution is 5.88. The molecule has 2 aromatic heterocycles. The molecule has 0 bridgehead atoms. The summed E-state index contributed by atoms with van der Waals surface area (Å²) in [5.41, 5.74) is 0.856. The molecule has 2 aromatic rings. The van der Waals surface area contributed by atoms with Crippen LogP contribution in [0, 0.1) is 6.92 Å². The first-order valence-corrected chi connectivity index (χ1v) is 7.81. The molecule has 1 fully saturated rings. The van der Waals surface area contributed by atoms with E-state index in [-0.39, 0.29) is 18.2 Å². The van der Waals surface area contributed by atoms with Crippen LogP contribution in [0.4, 0.5) is 10.6 Å². The zero-order valence-corrected chi connectivity index (χ0v) is 13.3. The van der Waals surface area contributed by atoms with Crippen molar-refractivity contribution in [2.45, 2.75) is 39.0 Å². The second-order valence-electron chi connectivity index (χ2n) is 5.52. The first-order chi connectivity index (χ1) is 11.2. The van der Waals surface area contributed by atoms with Gasteiger partial charge in [0.05, 0.1) is 6.04 Å². The van der Waals surface area contributed by atoms with Gasteiger partial charge in [-0.1, -0.05) is 6.07 Å². The zero-order valence-electron chi connectivity index (χ0n) is 13.3. The van der Waals surface area contributed by atoms with Crippen molar-refractivity contribution in [1.29, 1.82) is 0 Å². The summed E-state index contributed by atoms with van der Waals surface area (Å²) in [5, 5.41) is 5.73. The van der Waals surface area contributed by atoms with Gasteiger partial charge in [0.25, 0.3) is 0 Å². The van der Waals surface area contributed by atoms with E-state index in [4.69, 9.17) is 4.74 Å². The molecule has 7 heteroatoms. The molecule has 23 heavy (non-hydrogen) atoms. The Labute approximate surface area is 135 Å². The van der Waals surface area contributed by atoms with Gasteiger partial charge >= 0.3 is 6.03 Å². The third-order valence-corrected chi connectivity index (χ3v) is 3.88. The number of pyridine rings is 1. The molecule has 3 heterocycles. The van der Waals surface area contributed by atoms with Crippen molar-refractivity contribution in [3.8, 4) is 0 Å². The number of nitrogens with zero attached hydrogens (tertiary/aromatic N) is 3. The van der Waals surface area contributed by atoms with E-state index >= 15 is 0 Å². The van der Waals surface area contributed by atoms with Gasteiger partial charge in [0.15, 0.2) is 0 Å². The summed E-state index contributed by atoms with van der Waals surface area (Å²) in [6, 6.07) is 5.12. The molecule has 2 atom stereocenters. The molecule has 0 radical (unpaired) electrons. The van der Waals surface area contributed by atoms with Crippen LogP contribution in [0.1, 0.15) is 31.0 Å². The van der Waals surface area contributed by atoms with Gasteiger partial charge in [-0.25, -0.2) is 14.8 Å². The van der Waals surface area contributed by atoms with Crippen molar-refractivity contribution in [3.05, 3.63) is 42.1 Å². The fourth-order valence-corrected chi connectivity index (χ4v) is 2.77. The number of carbonyl (C=O) groups excluding carboxylic acids is 1. The van der Waals surface area contributed by atoms with E-state index in [0.717, 1.165) is 24.5 Å². The summed E-state index contributed by atoms with van der Waals surface area (Å²) in [6.45, 7) is 5.36. The lowest BCUT2D eigenvalue weighted by Gasteiger charge is -2.20. The molecule has 0 spiro atoms. The number of amides is 2. The van der Waals surface area contributed by atoms with E-state index in [9.17, 15) is 4.79 Å². The Morgan fingerprint density at radius 3 is 3.13 bits per heavy atom.